The molecular weight excluding hydrogens is 532 g/mol. The fourth-order valence-electron chi connectivity index (χ4n) is 7.40. The Morgan fingerprint density at radius 3 is 2.50 bits per heavy atom. The Kier molecular flexibility index (Phi) is 7.94. The number of nitrogens with one attached hydrogen (secondary N) is 1. The molecule has 1 aromatic heterocycles. The first-order valence-electron chi connectivity index (χ1n) is 15.1. The van der Waals surface area contributed by atoms with E-state index in [2.05, 4.69) is 23.2 Å². The molecule has 5 atom stereocenters. The van der Waals surface area contributed by atoms with E-state index in [1.807, 2.05) is 43.5 Å². The smallest absolute Gasteiger partial charge is 0.410 e. The monoisotopic (exact) mass is 572 g/mol. The molecule has 1 saturated carbocycles. The molecule has 0 radical (unpaired) electrons. The number of aryl methyl sites for hydroxylation is 1. The van der Waals surface area contributed by atoms with Crippen LogP contribution in [0, 0.1) is 12.8 Å². The van der Waals surface area contributed by atoms with Crippen LogP contribution in [0.1, 0.15) is 61.6 Å². The lowest BCUT2D eigenvalue weighted by molar-refractivity contribution is -0.148. The molecule has 0 spiro atoms. The number of likely N-dealkylation sites (tertiary alicyclic amines) is 2. The first-order valence-corrected chi connectivity index (χ1v) is 15.1. The maximum atomic E-state index is 14.1. The van der Waals surface area contributed by atoms with E-state index in [0.717, 1.165) is 53.3 Å². The highest BCUT2D eigenvalue weighted by molar-refractivity contribution is 5.86. The molecule has 3 aliphatic rings. The highest BCUT2D eigenvalue weighted by atomic mass is 16.6. The van der Waals surface area contributed by atoms with E-state index >= 15 is 0 Å². The van der Waals surface area contributed by atoms with Gasteiger partial charge in [0.1, 0.15) is 12.7 Å². The summed E-state index contributed by atoms with van der Waals surface area (Å²) in [6.45, 7) is 4.04. The second-order valence-electron chi connectivity index (χ2n) is 12.1. The maximum absolute atomic E-state index is 14.1. The van der Waals surface area contributed by atoms with Crippen LogP contribution in [0.15, 0.2) is 54.7 Å². The summed E-state index contributed by atoms with van der Waals surface area (Å²) in [4.78, 5) is 47.0. The van der Waals surface area contributed by atoms with Gasteiger partial charge in [0.15, 0.2) is 0 Å². The Morgan fingerprint density at radius 2 is 1.76 bits per heavy atom. The van der Waals surface area contributed by atoms with E-state index in [4.69, 9.17) is 15.2 Å². The third kappa shape index (κ3) is 5.38. The van der Waals surface area contributed by atoms with Crippen molar-refractivity contribution in [2.24, 2.45) is 11.7 Å². The lowest BCUT2D eigenvalue weighted by atomic mass is 9.83. The number of aromatic nitrogens is 1. The molecule has 2 aromatic carbocycles. The van der Waals surface area contributed by atoms with Gasteiger partial charge in [-0.3, -0.25) is 14.5 Å². The van der Waals surface area contributed by atoms with E-state index in [1.54, 1.807) is 9.80 Å². The summed E-state index contributed by atoms with van der Waals surface area (Å²) in [5.74, 6) is -0.681. The normalized spacial score (nSPS) is 24.9. The molecule has 42 heavy (non-hydrogen) atoms. The van der Waals surface area contributed by atoms with Gasteiger partial charge >= 0.3 is 12.1 Å². The zero-order valence-corrected chi connectivity index (χ0v) is 24.3. The van der Waals surface area contributed by atoms with Crippen molar-refractivity contribution in [3.63, 3.8) is 0 Å². The van der Waals surface area contributed by atoms with E-state index in [-0.39, 0.29) is 30.9 Å². The van der Waals surface area contributed by atoms with Crippen molar-refractivity contribution in [3.05, 3.63) is 71.4 Å². The van der Waals surface area contributed by atoms with Crippen molar-refractivity contribution in [1.29, 1.82) is 0 Å². The third-order valence-electron chi connectivity index (χ3n) is 9.38. The van der Waals surface area contributed by atoms with E-state index in [1.165, 1.54) is 13.3 Å². The minimum absolute atomic E-state index is 0.123. The predicted molar refractivity (Wildman–Crippen MR) is 159 cm³/mol. The minimum Gasteiger partial charge on any atom is -0.458 e. The van der Waals surface area contributed by atoms with Crippen molar-refractivity contribution < 1.29 is 23.9 Å². The van der Waals surface area contributed by atoms with Crippen molar-refractivity contribution in [3.8, 4) is 0 Å². The molecule has 222 valence electrons. The van der Waals surface area contributed by atoms with Crippen molar-refractivity contribution in [2.45, 2.75) is 82.7 Å². The number of H-pyrrole nitrogens is 1. The standard InChI is InChI=1S/C33H40N4O5/c1-20-13-14-24-25(16-35-27(24)15-20)26-17-37(33(40)41-19-22-9-5-3-6-10-22)31-28(42-21(2)38)18-36(30(26)31)32(39)29(34)23-11-7-4-8-12-23/h3,5-6,9-10,13-16,23,26,28-31,35H,4,7-8,11-12,17-19,34H2,1-2H3. The summed E-state index contributed by atoms with van der Waals surface area (Å²) in [5, 5.41) is 1.05. The van der Waals surface area contributed by atoms with Crippen molar-refractivity contribution in [1.82, 2.24) is 14.8 Å². The topological polar surface area (TPSA) is 118 Å². The van der Waals surface area contributed by atoms with Crippen LogP contribution in [-0.4, -0.2) is 70.1 Å². The zero-order valence-electron chi connectivity index (χ0n) is 24.3. The number of hydrogen-bond acceptors (Lipinski definition) is 6. The molecule has 6 rings (SSSR count). The Labute approximate surface area is 246 Å². The van der Waals surface area contributed by atoms with Crippen LogP contribution >= 0.6 is 0 Å². The molecule has 1 aliphatic carbocycles. The molecule has 2 saturated heterocycles. The lowest BCUT2D eigenvalue weighted by Gasteiger charge is -2.33. The number of fused-ring (bicyclic) bond motifs is 2. The van der Waals surface area contributed by atoms with Gasteiger partial charge in [0.05, 0.1) is 24.7 Å². The van der Waals surface area contributed by atoms with E-state index in [9.17, 15) is 14.4 Å². The molecule has 5 unspecified atom stereocenters. The molecule has 3 heterocycles. The van der Waals surface area contributed by atoms with Gasteiger partial charge in [-0.05, 0) is 48.4 Å². The predicted octanol–water partition coefficient (Wildman–Crippen LogP) is 4.63. The minimum atomic E-state index is -0.684. The molecule has 3 fully saturated rings. The second kappa shape index (κ2) is 11.8. The summed E-state index contributed by atoms with van der Waals surface area (Å²) in [6, 6.07) is 14.2. The molecular formula is C33H40N4O5. The number of carbonyl (C=O) groups is 3. The number of hydrogen-bond donors (Lipinski definition) is 2. The Bertz CT molecular complexity index is 1450. The number of amides is 2. The average Bonchev–Trinajstić information content (AvgIpc) is 3.69. The van der Waals surface area contributed by atoms with Crippen LogP contribution in [0.25, 0.3) is 10.9 Å². The van der Waals surface area contributed by atoms with Gasteiger partial charge in [0.25, 0.3) is 0 Å². The maximum Gasteiger partial charge on any atom is 0.410 e. The molecule has 2 aliphatic heterocycles. The molecule has 9 heteroatoms. The summed E-state index contributed by atoms with van der Waals surface area (Å²) in [7, 11) is 0. The van der Waals surface area contributed by atoms with Crippen molar-refractivity contribution in [2.75, 3.05) is 13.1 Å². The largest absolute Gasteiger partial charge is 0.458 e. The quantitative estimate of drug-likeness (QED) is 0.416. The molecule has 3 N–H and O–H groups in total. The highest BCUT2D eigenvalue weighted by Crippen LogP contribution is 2.45. The number of esters is 1. The third-order valence-corrected chi connectivity index (χ3v) is 9.38. The molecule has 2 amide bonds. The average molecular weight is 573 g/mol. The number of aromatic amines is 1. The van der Waals surface area contributed by atoms with Gasteiger partial charge < -0.3 is 25.1 Å². The van der Waals surface area contributed by atoms with Gasteiger partial charge in [0, 0.05) is 36.5 Å². The number of benzene rings is 2. The lowest BCUT2D eigenvalue weighted by Crippen LogP contribution is -2.52. The second-order valence-corrected chi connectivity index (χ2v) is 12.1. The van der Waals surface area contributed by atoms with E-state index < -0.39 is 36.3 Å². The molecule has 9 nitrogen and oxygen atoms in total. The summed E-state index contributed by atoms with van der Waals surface area (Å²) < 4.78 is 11.6. The van der Waals surface area contributed by atoms with E-state index in [0.29, 0.717) is 6.54 Å². The number of nitrogens with two attached hydrogens (primary N) is 1. The Balaban J connectivity index is 1.36. The number of carbonyl (C=O) groups excluding carboxylic acids is 3. The fraction of sp³-hybridized carbons (Fsp3) is 0.485. The van der Waals surface area contributed by atoms with Gasteiger partial charge in [-0.25, -0.2) is 4.79 Å². The van der Waals surface area contributed by atoms with Crippen molar-refractivity contribution >= 4 is 28.9 Å². The van der Waals surface area contributed by atoms with Crippen LogP contribution in [0.2, 0.25) is 0 Å². The van der Waals surface area contributed by atoms with Crippen LogP contribution in [0.3, 0.4) is 0 Å². The molecule has 3 aromatic rings. The Morgan fingerprint density at radius 1 is 1.00 bits per heavy atom. The number of nitrogens with zero attached hydrogens (tertiary/aromatic N) is 2. The summed E-state index contributed by atoms with van der Waals surface area (Å²) >= 11 is 0. The van der Waals surface area contributed by atoms with Gasteiger partial charge in [-0.15, -0.1) is 0 Å². The fourth-order valence-corrected chi connectivity index (χ4v) is 7.40. The number of ether oxygens (including phenoxy) is 2. The first-order chi connectivity index (χ1) is 20.3. The SMILES string of the molecule is CC(=O)OC1CN(C(=O)C(N)C2CCCCC2)C2C(c3c[nH]c4cc(C)ccc34)CN(C(=O)OCc3ccccc3)C12. The van der Waals surface area contributed by atoms with Crippen LogP contribution in [0.5, 0.6) is 0 Å². The summed E-state index contributed by atoms with van der Waals surface area (Å²) in [5.41, 5.74) is 10.7. The van der Waals surface area contributed by atoms with Gasteiger partial charge in [0.2, 0.25) is 5.91 Å². The van der Waals surface area contributed by atoms with Crippen LogP contribution in [-0.2, 0) is 25.7 Å². The molecule has 0 bridgehead atoms. The van der Waals surface area contributed by atoms with Gasteiger partial charge in [-0.2, -0.15) is 0 Å². The zero-order chi connectivity index (χ0) is 29.4. The first kappa shape index (κ1) is 28.3. The Hall–Kier alpha value is -3.85. The highest BCUT2D eigenvalue weighted by Gasteiger charge is 2.59. The number of rotatable bonds is 6. The summed E-state index contributed by atoms with van der Waals surface area (Å²) in [6.07, 6.45) is 6.00. The van der Waals surface area contributed by atoms with Crippen LogP contribution < -0.4 is 5.73 Å². The van der Waals surface area contributed by atoms with Crippen LogP contribution in [0.4, 0.5) is 4.79 Å². The van der Waals surface area contributed by atoms with Gasteiger partial charge in [-0.1, -0.05) is 61.7 Å².